The van der Waals surface area contributed by atoms with Gasteiger partial charge in [0.1, 0.15) is 11.5 Å². The van der Waals surface area contributed by atoms with E-state index in [1.54, 1.807) is 0 Å². The second-order valence-corrected chi connectivity index (χ2v) is 16.0. The Morgan fingerprint density at radius 2 is 1.00 bits per heavy atom. The highest BCUT2D eigenvalue weighted by molar-refractivity contribution is 7.50. The molecule has 0 amide bonds. The van der Waals surface area contributed by atoms with Crippen LogP contribution in [0.4, 0.5) is 0 Å². The van der Waals surface area contributed by atoms with Gasteiger partial charge in [-0.15, -0.1) is 0 Å². The fraction of sp³-hybridized carbons (Fsp3) is 0.586. The minimum atomic E-state index is -3.97. The summed E-state index contributed by atoms with van der Waals surface area (Å²) >= 11 is 2.09. The molecule has 2 radical (unpaired) electrons. The maximum atomic E-state index is 13.9. The van der Waals surface area contributed by atoms with Crippen LogP contribution < -0.4 is 9.05 Å². The Kier molecular flexibility index (Phi) is 7.25. The number of fused-ring (bicyclic) bond motifs is 2. The van der Waals surface area contributed by atoms with Gasteiger partial charge in [0.15, 0.2) is 0 Å². The molecule has 6 heteroatoms. The Labute approximate surface area is 221 Å². The van der Waals surface area contributed by atoms with Crippen molar-refractivity contribution in [2.24, 2.45) is 0 Å². The third-order valence-corrected chi connectivity index (χ3v) is 8.44. The quantitative estimate of drug-likeness (QED) is 0.284. The van der Waals surface area contributed by atoms with Crippen molar-refractivity contribution in [3.63, 3.8) is 0 Å². The highest BCUT2D eigenvalue weighted by Gasteiger charge is 2.38. The van der Waals surface area contributed by atoms with Crippen molar-refractivity contribution >= 4 is 24.4 Å². The monoisotopic (exact) mass is 512 g/mol. The normalized spacial score (nSPS) is 16.3. The van der Waals surface area contributed by atoms with Crippen LogP contribution in [0.1, 0.15) is 116 Å². The molecule has 2 aromatic carbocycles. The molecule has 0 saturated carbocycles. The van der Waals surface area contributed by atoms with Crippen LogP contribution in [0.5, 0.6) is 11.5 Å². The Hall–Kier alpha value is -1.24. The highest BCUT2D eigenvalue weighted by Crippen LogP contribution is 2.56. The molecule has 0 bridgehead atoms. The van der Waals surface area contributed by atoms with E-state index in [9.17, 15) is 4.57 Å². The molecular formula is C29H42AlO4P. The molecule has 0 fully saturated rings. The van der Waals surface area contributed by atoms with E-state index >= 15 is 0 Å². The van der Waals surface area contributed by atoms with Crippen molar-refractivity contribution in [3.8, 4) is 11.5 Å². The molecule has 4 nitrogen and oxygen atoms in total. The first-order chi connectivity index (χ1) is 15.7. The van der Waals surface area contributed by atoms with E-state index in [1.807, 2.05) is 0 Å². The summed E-state index contributed by atoms with van der Waals surface area (Å²) in [6.07, 6.45) is 0.613. The number of benzene rings is 2. The van der Waals surface area contributed by atoms with E-state index in [2.05, 4.69) is 124 Å². The standard InChI is InChI=1S/C29H43O4P.Al/c1-26(2,3)20-14-18-13-19-15-21(27(4,5)6)17-23(29(10,11)12)25(19)33-34(30,31)32-24(18)22(16-20)28(7,8)9;/h14-17H,13H2,1-12H3,(H,30,31);/q;+1/p-1. The van der Waals surface area contributed by atoms with Crippen LogP contribution in [0, 0.1) is 0 Å². The molecule has 2 aromatic rings. The molecule has 0 saturated heterocycles. The summed E-state index contributed by atoms with van der Waals surface area (Å²) in [7, 11) is -3.97. The van der Waals surface area contributed by atoms with Gasteiger partial charge in [0.25, 0.3) is 0 Å². The molecule has 1 aliphatic rings. The molecule has 3 rings (SSSR count). The molecule has 0 aromatic heterocycles. The molecule has 0 N–H and O–H groups in total. The van der Waals surface area contributed by atoms with Crippen molar-refractivity contribution in [2.75, 3.05) is 0 Å². The SMILES string of the molecule is CC(C)(C)c1cc2c(c(C(C)(C)C)c1)OP(=O)([O][Al])Oc1c(cc(C(C)(C)C)cc1C(C)(C)C)C2. The van der Waals surface area contributed by atoms with Gasteiger partial charge in [-0.25, -0.2) is 4.57 Å². The Morgan fingerprint density at radius 3 is 1.26 bits per heavy atom. The zero-order valence-corrected chi connectivity index (χ0v) is 25.7. The molecule has 1 aliphatic heterocycles. The van der Waals surface area contributed by atoms with Gasteiger partial charge in [-0.2, -0.15) is 0 Å². The van der Waals surface area contributed by atoms with Crippen LogP contribution in [0.25, 0.3) is 0 Å². The van der Waals surface area contributed by atoms with Gasteiger partial charge in [-0.05, 0) is 43.9 Å². The summed E-state index contributed by atoms with van der Waals surface area (Å²) in [4.78, 5) is 0. The maximum absolute atomic E-state index is 13.9. The van der Waals surface area contributed by atoms with E-state index < -0.39 is 7.82 Å². The van der Waals surface area contributed by atoms with E-state index in [4.69, 9.17) is 12.6 Å². The average Bonchev–Trinajstić information content (AvgIpc) is 2.65. The van der Waals surface area contributed by atoms with Gasteiger partial charge in [0, 0.05) is 17.5 Å². The second kappa shape index (κ2) is 8.95. The second-order valence-electron chi connectivity index (χ2n) is 13.9. The molecule has 0 aliphatic carbocycles. The fourth-order valence-corrected chi connectivity index (χ4v) is 5.59. The molecular weight excluding hydrogens is 470 g/mol. The minimum Gasteiger partial charge on any atom is -0.417 e. The van der Waals surface area contributed by atoms with Gasteiger partial charge < -0.3 is 12.6 Å². The maximum Gasteiger partial charge on any atom is 0.557 e. The first-order valence-electron chi connectivity index (χ1n) is 12.4. The third kappa shape index (κ3) is 6.02. The summed E-state index contributed by atoms with van der Waals surface area (Å²) in [5.74, 6) is 1.20. The highest BCUT2D eigenvalue weighted by atomic mass is 31.2. The van der Waals surface area contributed by atoms with Gasteiger partial charge in [0.05, 0.1) is 0 Å². The van der Waals surface area contributed by atoms with E-state index in [1.165, 1.54) is 11.1 Å². The fourth-order valence-electron chi connectivity index (χ4n) is 4.33. The molecule has 0 atom stereocenters. The molecule has 0 unspecified atom stereocenters. The van der Waals surface area contributed by atoms with E-state index in [-0.39, 0.29) is 21.7 Å². The summed E-state index contributed by atoms with van der Waals surface area (Å²) in [6, 6.07) is 8.77. The molecule has 0 spiro atoms. The Morgan fingerprint density at radius 1 is 0.657 bits per heavy atom. The van der Waals surface area contributed by atoms with Crippen LogP contribution in [0.2, 0.25) is 0 Å². The first-order valence-corrected chi connectivity index (χ1v) is 14.3. The van der Waals surface area contributed by atoms with Crippen LogP contribution >= 0.6 is 7.82 Å². The van der Waals surface area contributed by atoms with Crippen LogP contribution in [-0.4, -0.2) is 16.6 Å². The number of rotatable bonds is 1. The average molecular weight is 513 g/mol. The minimum absolute atomic E-state index is 0.0542. The van der Waals surface area contributed by atoms with Crippen molar-refractivity contribution in [3.05, 3.63) is 57.6 Å². The van der Waals surface area contributed by atoms with Crippen LogP contribution in [-0.2, 0) is 36.2 Å². The van der Waals surface area contributed by atoms with E-state index in [0.717, 1.165) is 22.3 Å². The lowest BCUT2D eigenvalue weighted by atomic mass is 9.76. The third-order valence-electron chi connectivity index (χ3n) is 6.60. The molecule has 190 valence electrons. The number of phosphoric acid groups is 1. The van der Waals surface area contributed by atoms with Gasteiger partial charge in [-0.3, -0.25) is 0 Å². The smallest absolute Gasteiger partial charge is 0.417 e. The predicted molar refractivity (Wildman–Crippen MR) is 146 cm³/mol. The van der Waals surface area contributed by atoms with Crippen LogP contribution in [0.3, 0.4) is 0 Å². The van der Waals surface area contributed by atoms with Crippen molar-refractivity contribution in [1.29, 1.82) is 0 Å². The largest absolute Gasteiger partial charge is 0.557 e. The van der Waals surface area contributed by atoms with Crippen molar-refractivity contribution < 1.29 is 17.2 Å². The van der Waals surface area contributed by atoms with Crippen molar-refractivity contribution in [1.82, 2.24) is 0 Å². The topological polar surface area (TPSA) is 44.8 Å². The Bertz CT molecular complexity index is 1080. The summed E-state index contributed by atoms with van der Waals surface area (Å²) in [5.41, 5.74) is 5.86. The number of hydrogen-bond acceptors (Lipinski definition) is 4. The van der Waals surface area contributed by atoms with Crippen molar-refractivity contribution in [2.45, 2.75) is 111 Å². The lowest BCUT2D eigenvalue weighted by Gasteiger charge is -2.35. The lowest BCUT2D eigenvalue weighted by Crippen LogP contribution is -2.23. The Balaban J connectivity index is 2.46. The van der Waals surface area contributed by atoms with Gasteiger partial charge >= 0.3 is 24.4 Å². The number of phosphoric ester groups is 1. The van der Waals surface area contributed by atoms with Gasteiger partial charge in [0.2, 0.25) is 0 Å². The van der Waals surface area contributed by atoms with Gasteiger partial charge in [-0.1, -0.05) is 107 Å². The summed E-state index contributed by atoms with van der Waals surface area (Å²) in [6.45, 7) is 26.2. The lowest BCUT2D eigenvalue weighted by molar-refractivity contribution is 0.297. The van der Waals surface area contributed by atoms with E-state index in [0.29, 0.717) is 17.9 Å². The zero-order chi connectivity index (χ0) is 26.8. The summed E-state index contributed by atoms with van der Waals surface area (Å²) in [5, 5.41) is 0. The number of hydrogen-bond donors (Lipinski definition) is 0. The molecule has 1 heterocycles. The first kappa shape index (κ1) is 28.3. The van der Waals surface area contributed by atoms with Crippen LogP contribution in [0.15, 0.2) is 24.3 Å². The zero-order valence-electron chi connectivity index (χ0n) is 23.7. The molecule has 35 heavy (non-hydrogen) atoms. The predicted octanol–water partition coefficient (Wildman–Crippen LogP) is 8.45. The summed E-state index contributed by atoms with van der Waals surface area (Å²) < 4.78 is 31.7.